The zero-order valence-corrected chi connectivity index (χ0v) is 16.5. The molecule has 0 bridgehead atoms. The fraction of sp³-hybridized carbons (Fsp3) is 0.0500. The zero-order valence-electron chi connectivity index (χ0n) is 15.7. The molecule has 0 fully saturated rings. The summed E-state index contributed by atoms with van der Waals surface area (Å²) in [5.41, 5.74) is 0.714. The van der Waals surface area contributed by atoms with Gasteiger partial charge in [0.15, 0.2) is 0 Å². The van der Waals surface area contributed by atoms with Gasteiger partial charge >= 0.3 is 0 Å². The lowest BCUT2D eigenvalue weighted by Crippen LogP contribution is -2.14. The number of nitrogens with one attached hydrogen (secondary N) is 2. The van der Waals surface area contributed by atoms with Crippen LogP contribution in [0.1, 0.15) is 15.9 Å². The van der Waals surface area contributed by atoms with Crippen molar-refractivity contribution >= 4 is 33.0 Å². The van der Waals surface area contributed by atoms with Crippen LogP contribution in [0.15, 0.2) is 71.6 Å². The Morgan fingerprint density at radius 3 is 2.33 bits per heavy atom. The van der Waals surface area contributed by atoms with E-state index in [0.717, 1.165) is 6.07 Å². The third-order valence-corrected chi connectivity index (χ3v) is 5.62. The minimum atomic E-state index is -4.06. The number of amides is 1. The SMILES string of the molecule is Cc1ccc(S(=O)(=O)Nc2ccc(C(=O)Nc3ccccc3O)cc2)cc1[N+](=O)[O-]. The van der Waals surface area contributed by atoms with Crippen LogP contribution in [-0.4, -0.2) is 24.4 Å². The van der Waals surface area contributed by atoms with Crippen molar-refractivity contribution < 1.29 is 23.2 Å². The van der Waals surface area contributed by atoms with Gasteiger partial charge in [0.1, 0.15) is 5.75 Å². The van der Waals surface area contributed by atoms with Crippen LogP contribution < -0.4 is 10.0 Å². The van der Waals surface area contributed by atoms with Crippen LogP contribution in [0.25, 0.3) is 0 Å². The van der Waals surface area contributed by atoms with E-state index in [4.69, 9.17) is 0 Å². The summed E-state index contributed by atoms with van der Waals surface area (Å²) in [6, 6.07) is 15.5. The molecule has 154 valence electrons. The number of carbonyl (C=O) groups excluding carboxylic acids is 1. The number of aromatic hydroxyl groups is 1. The van der Waals surface area contributed by atoms with E-state index in [1.807, 2.05) is 0 Å². The molecule has 0 heterocycles. The summed E-state index contributed by atoms with van der Waals surface area (Å²) >= 11 is 0. The van der Waals surface area contributed by atoms with E-state index in [1.165, 1.54) is 55.5 Å². The van der Waals surface area contributed by atoms with Gasteiger partial charge in [-0.2, -0.15) is 0 Å². The van der Waals surface area contributed by atoms with Crippen LogP contribution in [0.5, 0.6) is 5.75 Å². The molecule has 0 aliphatic carbocycles. The first kappa shape index (κ1) is 20.8. The van der Waals surface area contributed by atoms with Gasteiger partial charge in [-0.25, -0.2) is 8.42 Å². The topological polar surface area (TPSA) is 139 Å². The lowest BCUT2D eigenvalue weighted by Gasteiger charge is -2.10. The first-order valence-electron chi connectivity index (χ1n) is 8.64. The number of phenols is 1. The Hall–Kier alpha value is -3.92. The standard InChI is InChI=1S/C20H17N3O6S/c1-13-6-11-16(12-18(13)23(26)27)30(28,29)22-15-9-7-14(8-10-15)20(25)21-17-4-2-3-5-19(17)24/h2-12,22,24H,1H3,(H,21,25). The summed E-state index contributed by atoms with van der Waals surface area (Å²) < 4.78 is 27.4. The molecule has 0 aromatic heterocycles. The van der Waals surface area contributed by atoms with Crippen molar-refractivity contribution in [1.29, 1.82) is 0 Å². The van der Waals surface area contributed by atoms with Gasteiger partial charge in [-0.3, -0.25) is 19.6 Å². The second-order valence-corrected chi connectivity index (χ2v) is 8.04. The molecule has 0 saturated heterocycles. The van der Waals surface area contributed by atoms with Crippen molar-refractivity contribution in [2.24, 2.45) is 0 Å². The summed E-state index contributed by atoms with van der Waals surface area (Å²) in [5.74, 6) is -0.567. The molecule has 3 N–H and O–H groups in total. The number of rotatable bonds is 6. The third-order valence-electron chi connectivity index (χ3n) is 4.24. The lowest BCUT2D eigenvalue weighted by molar-refractivity contribution is -0.385. The van der Waals surface area contributed by atoms with Gasteiger partial charge in [-0.05, 0) is 49.4 Å². The van der Waals surface area contributed by atoms with Gasteiger partial charge in [-0.15, -0.1) is 0 Å². The van der Waals surface area contributed by atoms with Crippen LogP contribution in [0.4, 0.5) is 17.1 Å². The minimum absolute atomic E-state index is 0.0811. The van der Waals surface area contributed by atoms with Crippen molar-refractivity contribution in [3.63, 3.8) is 0 Å². The van der Waals surface area contributed by atoms with E-state index >= 15 is 0 Å². The molecule has 9 nitrogen and oxygen atoms in total. The molecule has 0 saturated carbocycles. The number of hydrogen-bond donors (Lipinski definition) is 3. The quantitative estimate of drug-likeness (QED) is 0.312. The summed E-state index contributed by atoms with van der Waals surface area (Å²) in [6.45, 7) is 1.51. The van der Waals surface area contributed by atoms with Crippen molar-refractivity contribution in [2.75, 3.05) is 10.0 Å². The van der Waals surface area contributed by atoms with Crippen LogP contribution >= 0.6 is 0 Å². The summed E-state index contributed by atoms with van der Waals surface area (Å²) in [4.78, 5) is 22.4. The molecule has 3 aromatic rings. The van der Waals surface area contributed by atoms with E-state index in [2.05, 4.69) is 10.0 Å². The Kier molecular flexibility index (Phi) is 5.70. The fourth-order valence-corrected chi connectivity index (χ4v) is 3.71. The van der Waals surface area contributed by atoms with Crippen LogP contribution in [0.3, 0.4) is 0 Å². The molecule has 0 spiro atoms. The minimum Gasteiger partial charge on any atom is -0.506 e. The van der Waals surface area contributed by atoms with Crippen LogP contribution in [0.2, 0.25) is 0 Å². The van der Waals surface area contributed by atoms with Crippen molar-refractivity contribution in [3.8, 4) is 5.75 Å². The number of carbonyl (C=O) groups is 1. The molecule has 0 aliphatic rings. The molecule has 0 aliphatic heterocycles. The highest BCUT2D eigenvalue weighted by molar-refractivity contribution is 7.92. The molecule has 3 rings (SSSR count). The highest BCUT2D eigenvalue weighted by Gasteiger charge is 2.20. The predicted molar refractivity (Wildman–Crippen MR) is 111 cm³/mol. The van der Waals surface area contributed by atoms with Gasteiger partial charge in [-0.1, -0.05) is 18.2 Å². The normalized spacial score (nSPS) is 11.0. The van der Waals surface area contributed by atoms with Gasteiger partial charge in [0, 0.05) is 22.9 Å². The Bertz CT molecular complexity index is 1220. The molecule has 1 amide bonds. The van der Waals surface area contributed by atoms with Crippen molar-refractivity contribution in [2.45, 2.75) is 11.8 Å². The number of anilines is 2. The number of nitrogens with zero attached hydrogens (tertiary/aromatic N) is 1. The molecule has 0 unspecified atom stereocenters. The number of nitro benzene ring substituents is 1. The van der Waals surface area contributed by atoms with E-state index < -0.39 is 20.9 Å². The maximum absolute atomic E-state index is 12.5. The first-order valence-corrected chi connectivity index (χ1v) is 10.1. The van der Waals surface area contributed by atoms with Gasteiger partial charge in [0.05, 0.1) is 15.5 Å². The largest absolute Gasteiger partial charge is 0.506 e. The Balaban J connectivity index is 1.76. The second-order valence-electron chi connectivity index (χ2n) is 6.36. The summed E-state index contributed by atoms with van der Waals surface area (Å²) in [5, 5.41) is 23.3. The smallest absolute Gasteiger partial charge is 0.273 e. The van der Waals surface area contributed by atoms with Crippen molar-refractivity contribution in [3.05, 3.63) is 88.0 Å². The molecule has 0 radical (unpaired) electrons. The number of aryl methyl sites for hydroxylation is 1. The number of benzene rings is 3. The zero-order chi connectivity index (χ0) is 21.9. The van der Waals surface area contributed by atoms with E-state index in [-0.39, 0.29) is 33.3 Å². The molecule has 10 heteroatoms. The maximum Gasteiger partial charge on any atom is 0.273 e. The molecule has 0 atom stereocenters. The average molecular weight is 427 g/mol. The second kappa shape index (κ2) is 8.21. The molecular formula is C20H17N3O6S. The highest BCUT2D eigenvalue weighted by Crippen LogP contribution is 2.25. The van der Waals surface area contributed by atoms with Gasteiger partial charge < -0.3 is 10.4 Å². The molecular weight excluding hydrogens is 410 g/mol. The Labute approximate surface area is 172 Å². The average Bonchev–Trinajstić information content (AvgIpc) is 2.70. The number of phenolic OH excluding ortho intramolecular Hbond substituents is 1. The summed E-state index contributed by atoms with van der Waals surface area (Å²) in [7, 11) is -4.06. The maximum atomic E-state index is 12.5. The highest BCUT2D eigenvalue weighted by atomic mass is 32.2. The molecule has 30 heavy (non-hydrogen) atoms. The van der Waals surface area contributed by atoms with Crippen LogP contribution in [-0.2, 0) is 10.0 Å². The number of para-hydroxylation sites is 2. The fourth-order valence-electron chi connectivity index (χ4n) is 2.63. The number of nitro groups is 1. The Morgan fingerprint density at radius 1 is 1.03 bits per heavy atom. The molecule has 3 aromatic carbocycles. The summed E-state index contributed by atoms with van der Waals surface area (Å²) in [6.07, 6.45) is 0. The van der Waals surface area contributed by atoms with E-state index in [9.17, 15) is 28.4 Å². The number of hydrogen-bond acceptors (Lipinski definition) is 6. The van der Waals surface area contributed by atoms with Crippen LogP contribution in [0, 0.1) is 17.0 Å². The third kappa shape index (κ3) is 4.55. The van der Waals surface area contributed by atoms with Gasteiger partial charge in [0.25, 0.3) is 21.6 Å². The van der Waals surface area contributed by atoms with Gasteiger partial charge in [0.2, 0.25) is 0 Å². The predicted octanol–water partition coefficient (Wildman–Crippen LogP) is 3.66. The number of sulfonamides is 1. The lowest BCUT2D eigenvalue weighted by atomic mass is 10.2. The monoisotopic (exact) mass is 427 g/mol. The van der Waals surface area contributed by atoms with E-state index in [0.29, 0.717) is 5.56 Å². The van der Waals surface area contributed by atoms with E-state index in [1.54, 1.807) is 12.1 Å². The first-order chi connectivity index (χ1) is 14.2. The Morgan fingerprint density at radius 2 is 1.70 bits per heavy atom. The van der Waals surface area contributed by atoms with Crippen molar-refractivity contribution in [1.82, 2.24) is 0 Å².